The summed E-state index contributed by atoms with van der Waals surface area (Å²) < 4.78 is 0. The molecular weight excluding hydrogens is 132 g/mol. The Balaban J connectivity index is 3.42. The Hall–Kier alpha value is -0.440. The summed E-state index contributed by atoms with van der Waals surface area (Å²) in [6.07, 6.45) is 1.83. The Morgan fingerprint density at radius 2 is 2.56 bits per heavy atom. The minimum absolute atomic E-state index is 1.10. The monoisotopic (exact) mass is 144 g/mol. The summed E-state index contributed by atoms with van der Waals surface area (Å²) in [5, 5.41) is 3.47. The molecule has 0 heterocycles. The topological polar surface area (TPSA) is 24.4 Å². The summed E-state index contributed by atoms with van der Waals surface area (Å²) in [6.45, 7) is 7.43. The lowest BCUT2D eigenvalue weighted by molar-refractivity contribution is 0.976. The van der Waals surface area contributed by atoms with Gasteiger partial charge < -0.3 is 0 Å². The van der Waals surface area contributed by atoms with Crippen molar-refractivity contribution in [2.75, 3.05) is 5.75 Å². The second-order valence-electron chi connectivity index (χ2n) is 1.48. The largest absolute Gasteiger partial charge is 0.286 e. The maximum Gasteiger partial charge on any atom is 0.0292 e. The third-order valence-electron chi connectivity index (χ3n) is 0.731. The van der Waals surface area contributed by atoms with Crippen LogP contribution in [-0.4, -0.2) is 12.5 Å². The Morgan fingerprint density at radius 1 is 1.89 bits per heavy atom. The van der Waals surface area contributed by atoms with Crippen molar-refractivity contribution in [3.63, 3.8) is 0 Å². The van der Waals surface area contributed by atoms with E-state index in [0.29, 0.717) is 0 Å². The van der Waals surface area contributed by atoms with Crippen LogP contribution >= 0.6 is 11.8 Å². The van der Waals surface area contributed by atoms with Gasteiger partial charge in [-0.3, -0.25) is 5.43 Å². The van der Waals surface area contributed by atoms with Gasteiger partial charge in [-0.2, -0.15) is 5.10 Å². The molecule has 9 heavy (non-hydrogen) atoms. The van der Waals surface area contributed by atoms with Gasteiger partial charge in [-0.25, -0.2) is 0 Å². The lowest BCUT2D eigenvalue weighted by atomic mass is 10.7. The molecule has 0 bridgehead atoms. The number of hydrogen-bond acceptors (Lipinski definition) is 3. The van der Waals surface area contributed by atoms with Crippen molar-refractivity contribution in [3.05, 3.63) is 11.1 Å². The first-order valence-corrected chi connectivity index (χ1v) is 3.80. The molecule has 0 aliphatic carbocycles. The van der Waals surface area contributed by atoms with Gasteiger partial charge in [-0.1, -0.05) is 6.92 Å². The highest BCUT2D eigenvalue weighted by Crippen LogP contribution is 2.11. The highest BCUT2D eigenvalue weighted by Gasteiger charge is 1.83. The Morgan fingerprint density at radius 3 is 3.00 bits per heavy atom. The number of hydrazone groups is 1. The average Bonchev–Trinajstić information content (AvgIpc) is 1.85. The molecule has 0 fully saturated rings. The van der Waals surface area contributed by atoms with Crippen LogP contribution in [0.25, 0.3) is 0 Å². The van der Waals surface area contributed by atoms with E-state index in [-0.39, 0.29) is 0 Å². The van der Waals surface area contributed by atoms with Crippen molar-refractivity contribution in [1.29, 1.82) is 0 Å². The van der Waals surface area contributed by atoms with Gasteiger partial charge in [0.05, 0.1) is 0 Å². The van der Waals surface area contributed by atoms with E-state index in [4.69, 9.17) is 0 Å². The molecule has 0 amide bonds. The maximum atomic E-state index is 3.47. The van der Waals surface area contributed by atoms with Crippen molar-refractivity contribution in [1.82, 2.24) is 5.43 Å². The molecule has 52 valence electrons. The molecule has 0 saturated carbocycles. The molecule has 0 saturated heterocycles. The van der Waals surface area contributed by atoms with Crippen molar-refractivity contribution in [2.45, 2.75) is 13.8 Å². The van der Waals surface area contributed by atoms with Gasteiger partial charge in [0.1, 0.15) is 0 Å². The van der Waals surface area contributed by atoms with Crippen molar-refractivity contribution < 1.29 is 0 Å². The molecule has 2 nitrogen and oxygen atoms in total. The van der Waals surface area contributed by atoms with E-state index < -0.39 is 0 Å². The fourth-order valence-electron chi connectivity index (χ4n) is 0.406. The van der Waals surface area contributed by atoms with Crippen LogP contribution in [-0.2, 0) is 0 Å². The van der Waals surface area contributed by atoms with Crippen molar-refractivity contribution in [2.24, 2.45) is 5.10 Å². The standard InChI is InChI=1S/C6H12N2S/c1-4-9-6(2)5-8-7-3/h5,8H,3-4H2,1-2H3/b6-5+. The first-order chi connectivity index (χ1) is 4.31. The molecule has 0 aromatic heterocycles. The van der Waals surface area contributed by atoms with Crippen LogP contribution in [0, 0.1) is 0 Å². The summed E-state index contributed by atoms with van der Waals surface area (Å²) in [5.41, 5.74) is 2.66. The van der Waals surface area contributed by atoms with E-state index >= 15 is 0 Å². The minimum atomic E-state index is 1.10. The quantitative estimate of drug-likeness (QED) is 0.480. The van der Waals surface area contributed by atoms with Gasteiger partial charge >= 0.3 is 0 Å². The van der Waals surface area contributed by atoms with Gasteiger partial charge in [0.15, 0.2) is 0 Å². The molecule has 3 heteroatoms. The number of allylic oxidation sites excluding steroid dienone is 1. The summed E-state index contributed by atoms with van der Waals surface area (Å²) >= 11 is 1.78. The van der Waals surface area contributed by atoms with E-state index in [9.17, 15) is 0 Å². The summed E-state index contributed by atoms with van der Waals surface area (Å²) in [6, 6.07) is 0. The zero-order valence-electron chi connectivity index (χ0n) is 5.85. The summed E-state index contributed by atoms with van der Waals surface area (Å²) in [7, 11) is 0. The zero-order chi connectivity index (χ0) is 7.11. The molecule has 0 aliphatic rings. The molecule has 0 aliphatic heterocycles. The highest BCUT2D eigenvalue weighted by atomic mass is 32.2. The minimum Gasteiger partial charge on any atom is -0.286 e. The lowest BCUT2D eigenvalue weighted by Crippen LogP contribution is -1.91. The average molecular weight is 144 g/mol. The van der Waals surface area contributed by atoms with Crippen LogP contribution in [0.1, 0.15) is 13.8 Å². The van der Waals surface area contributed by atoms with Crippen molar-refractivity contribution >= 4 is 18.5 Å². The van der Waals surface area contributed by atoms with Crippen LogP contribution in [0.3, 0.4) is 0 Å². The fraction of sp³-hybridized carbons (Fsp3) is 0.500. The molecule has 0 atom stereocenters. The third kappa shape index (κ3) is 5.43. The Labute approximate surface area is 60.4 Å². The van der Waals surface area contributed by atoms with E-state index in [2.05, 4.69) is 24.2 Å². The second kappa shape index (κ2) is 5.69. The molecule has 1 N–H and O–H groups in total. The van der Waals surface area contributed by atoms with Crippen LogP contribution in [0.15, 0.2) is 16.2 Å². The second-order valence-corrected chi connectivity index (χ2v) is 2.99. The van der Waals surface area contributed by atoms with E-state index in [1.165, 1.54) is 4.91 Å². The summed E-state index contributed by atoms with van der Waals surface area (Å²) in [5.74, 6) is 1.10. The predicted octanol–water partition coefficient (Wildman–Crippen LogP) is 1.81. The number of thioether (sulfide) groups is 1. The smallest absolute Gasteiger partial charge is 0.0292 e. The van der Waals surface area contributed by atoms with Gasteiger partial charge in [-0.05, 0) is 17.6 Å². The van der Waals surface area contributed by atoms with E-state index in [1.807, 2.05) is 13.1 Å². The third-order valence-corrected chi connectivity index (χ3v) is 1.59. The van der Waals surface area contributed by atoms with Crippen molar-refractivity contribution in [3.8, 4) is 0 Å². The SMILES string of the molecule is C=NN/C=C(\C)SCC. The molecule has 0 radical (unpaired) electrons. The lowest BCUT2D eigenvalue weighted by Gasteiger charge is -1.94. The van der Waals surface area contributed by atoms with Crippen LogP contribution in [0.2, 0.25) is 0 Å². The van der Waals surface area contributed by atoms with E-state index in [1.54, 1.807) is 11.8 Å². The number of rotatable bonds is 4. The summed E-state index contributed by atoms with van der Waals surface area (Å²) in [4.78, 5) is 1.23. The van der Waals surface area contributed by atoms with Gasteiger partial charge in [0, 0.05) is 12.9 Å². The molecule has 0 spiro atoms. The molecular formula is C6H12N2S. The van der Waals surface area contributed by atoms with Crippen LogP contribution in [0.5, 0.6) is 0 Å². The molecule has 0 unspecified atom stereocenters. The number of nitrogens with one attached hydrogen (secondary N) is 1. The number of hydrogen-bond donors (Lipinski definition) is 1. The molecule has 0 aromatic rings. The Kier molecular flexibility index (Phi) is 5.41. The Bertz CT molecular complexity index is 110. The molecule has 0 aromatic carbocycles. The van der Waals surface area contributed by atoms with Gasteiger partial charge in [0.25, 0.3) is 0 Å². The van der Waals surface area contributed by atoms with Gasteiger partial charge in [-0.15, -0.1) is 11.8 Å². The zero-order valence-corrected chi connectivity index (χ0v) is 6.66. The van der Waals surface area contributed by atoms with Crippen LogP contribution < -0.4 is 5.43 Å². The van der Waals surface area contributed by atoms with E-state index in [0.717, 1.165) is 5.75 Å². The van der Waals surface area contributed by atoms with Gasteiger partial charge in [0.2, 0.25) is 0 Å². The fourth-order valence-corrected chi connectivity index (χ4v) is 0.997. The highest BCUT2D eigenvalue weighted by molar-refractivity contribution is 8.03. The first-order valence-electron chi connectivity index (χ1n) is 2.82. The van der Waals surface area contributed by atoms with Crippen LogP contribution in [0.4, 0.5) is 0 Å². The first kappa shape index (κ1) is 8.56. The number of nitrogens with zero attached hydrogens (tertiary/aromatic N) is 1. The maximum absolute atomic E-state index is 3.47. The normalized spacial score (nSPS) is 11.1. The molecule has 0 rings (SSSR count). The predicted molar refractivity (Wildman–Crippen MR) is 44.6 cm³/mol.